The lowest BCUT2D eigenvalue weighted by atomic mass is 10.0. The number of hydrogen-bond acceptors (Lipinski definition) is 5. The van der Waals surface area contributed by atoms with E-state index >= 15 is 0 Å². The van der Waals surface area contributed by atoms with Gasteiger partial charge in [0, 0.05) is 55.7 Å². The van der Waals surface area contributed by atoms with Gasteiger partial charge in [-0.05, 0) is 54.8 Å². The molecule has 0 aromatic heterocycles. The van der Waals surface area contributed by atoms with Crippen LogP contribution in [0.5, 0.6) is 5.75 Å². The number of hydrogen-bond donors (Lipinski definition) is 4. The highest BCUT2D eigenvalue weighted by atomic mass is 16.5. The third kappa shape index (κ3) is 7.57. The van der Waals surface area contributed by atoms with Crippen LogP contribution in [-0.4, -0.2) is 49.0 Å². The van der Waals surface area contributed by atoms with Crippen molar-refractivity contribution in [1.82, 2.24) is 10.2 Å². The average molecular weight is 516 g/mol. The molecule has 3 aromatic carbocycles. The molecule has 4 N–H and O–H groups in total. The molecule has 0 radical (unpaired) electrons. The lowest BCUT2D eigenvalue weighted by molar-refractivity contribution is -0.114. The molecule has 1 heterocycles. The monoisotopic (exact) mass is 515 g/mol. The van der Waals surface area contributed by atoms with Crippen LogP contribution >= 0.6 is 0 Å². The number of urea groups is 1. The molecule has 9 nitrogen and oxygen atoms in total. The predicted octanol–water partition coefficient (Wildman–Crippen LogP) is 4.69. The van der Waals surface area contributed by atoms with Gasteiger partial charge in [0.25, 0.3) is 5.91 Å². The Morgan fingerprint density at radius 3 is 2.13 bits per heavy atom. The van der Waals surface area contributed by atoms with E-state index in [-0.39, 0.29) is 23.9 Å². The predicted molar refractivity (Wildman–Crippen MR) is 149 cm³/mol. The van der Waals surface area contributed by atoms with Gasteiger partial charge in [-0.15, -0.1) is 0 Å². The number of piperidine rings is 1. The van der Waals surface area contributed by atoms with E-state index in [1.54, 1.807) is 30.3 Å². The van der Waals surface area contributed by atoms with Gasteiger partial charge < -0.3 is 26.0 Å². The summed E-state index contributed by atoms with van der Waals surface area (Å²) < 4.78 is 5.45. The van der Waals surface area contributed by atoms with Crippen LogP contribution in [0, 0.1) is 0 Å². The Hall–Kier alpha value is -4.37. The molecule has 0 saturated carbocycles. The number of amides is 4. The number of likely N-dealkylation sites (tertiary alicyclic amines) is 1. The Bertz CT molecular complexity index is 1260. The van der Waals surface area contributed by atoms with Gasteiger partial charge in [-0.2, -0.15) is 0 Å². The first kappa shape index (κ1) is 26.7. The number of methoxy groups -OCH3 is 1. The number of ether oxygens (including phenoxy) is 1. The Kier molecular flexibility index (Phi) is 8.94. The van der Waals surface area contributed by atoms with Gasteiger partial charge in [0.2, 0.25) is 5.91 Å². The number of nitrogens with one attached hydrogen (secondary N) is 4. The highest BCUT2D eigenvalue weighted by Gasteiger charge is 2.23. The number of carbonyl (C=O) groups is 3. The molecule has 9 heteroatoms. The van der Waals surface area contributed by atoms with Gasteiger partial charge in [0.15, 0.2) is 0 Å². The lowest BCUT2D eigenvalue weighted by Gasteiger charge is -2.32. The number of para-hydroxylation sites is 1. The van der Waals surface area contributed by atoms with Crippen molar-refractivity contribution < 1.29 is 19.1 Å². The summed E-state index contributed by atoms with van der Waals surface area (Å²) in [5, 5.41) is 11.4. The van der Waals surface area contributed by atoms with E-state index in [9.17, 15) is 14.4 Å². The molecule has 4 rings (SSSR count). The van der Waals surface area contributed by atoms with E-state index in [1.165, 1.54) is 19.6 Å². The second-order valence-corrected chi connectivity index (χ2v) is 9.26. The fraction of sp³-hybridized carbons (Fsp3) is 0.276. The van der Waals surface area contributed by atoms with Crippen LogP contribution in [0.15, 0.2) is 72.8 Å². The van der Waals surface area contributed by atoms with Crippen LogP contribution in [-0.2, 0) is 11.3 Å². The zero-order chi connectivity index (χ0) is 26.9. The quantitative estimate of drug-likeness (QED) is 0.348. The van der Waals surface area contributed by atoms with Crippen LogP contribution in [0.3, 0.4) is 0 Å². The summed E-state index contributed by atoms with van der Waals surface area (Å²) in [6.45, 7) is 4.05. The van der Waals surface area contributed by atoms with Gasteiger partial charge in [-0.1, -0.05) is 30.3 Å². The molecule has 1 aliphatic heterocycles. The third-order valence-corrected chi connectivity index (χ3v) is 6.34. The number of rotatable bonds is 8. The van der Waals surface area contributed by atoms with Crippen LogP contribution in [0.1, 0.15) is 35.7 Å². The van der Waals surface area contributed by atoms with Crippen molar-refractivity contribution in [2.45, 2.75) is 32.4 Å². The van der Waals surface area contributed by atoms with Gasteiger partial charge in [-0.3, -0.25) is 14.5 Å². The fourth-order valence-corrected chi connectivity index (χ4v) is 4.42. The van der Waals surface area contributed by atoms with Crippen molar-refractivity contribution in [2.75, 3.05) is 36.1 Å². The first-order valence-electron chi connectivity index (χ1n) is 12.6. The Morgan fingerprint density at radius 1 is 0.842 bits per heavy atom. The molecule has 0 unspecified atom stereocenters. The average Bonchev–Trinajstić information content (AvgIpc) is 2.91. The molecule has 1 saturated heterocycles. The summed E-state index contributed by atoms with van der Waals surface area (Å²) in [5.74, 6) is 0.104. The summed E-state index contributed by atoms with van der Waals surface area (Å²) >= 11 is 0. The summed E-state index contributed by atoms with van der Waals surface area (Å²) in [7, 11) is 1.50. The molecule has 4 amide bonds. The van der Waals surface area contributed by atoms with Crippen molar-refractivity contribution in [3.63, 3.8) is 0 Å². The van der Waals surface area contributed by atoms with Crippen molar-refractivity contribution >= 4 is 34.9 Å². The van der Waals surface area contributed by atoms with Gasteiger partial charge in [-0.25, -0.2) is 4.79 Å². The molecule has 0 atom stereocenters. The maximum Gasteiger partial charge on any atom is 0.323 e. The number of anilines is 3. The highest BCUT2D eigenvalue weighted by Crippen LogP contribution is 2.24. The van der Waals surface area contributed by atoms with Crippen LogP contribution in [0.2, 0.25) is 0 Å². The summed E-state index contributed by atoms with van der Waals surface area (Å²) in [6.07, 6.45) is 1.69. The second-order valence-electron chi connectivity index (χ2n) is 9.26. The smallest absolute Gasteiger partial charge is 0.323 e. The molecule has 3 aromatic rings. The van der Waals surface area contributed by atoms with Gasteiger partial charge in [0.1, 0.15) is 5.75 Å². The molecule has 1 fully saturated rings. The molecule has 198 valence electrons. The van der Waals surface area contributed by atoms with E-state index in [1.807, 2.05) is 42.5 Å². The molecule has 38 heavy (non-hydrogen) atoms. The SMILES string of the molecule is COc1cc(NC(=O)Nc2ccccc2)ccc1C(=O)NC1CCN(Cc2ccc(NC(C)=O)cc2)CC1. The van der Waals surface area contributed by atoms with Crippen molar-refractivity contribution in [3.8, 4) is 5.75 Å². The molecular formula is C29H33N5O4. The maximum absolute atomic E-state index is 13.0. The van der Waals surface area contributed by atoms with Gasteiger partial charge in [0.05, 0.1) is 12.7 Å². The Labute approximate surface area is 222 Å². The number of benzene rings is 3. The standard InChI is InChI=1S/C29H33N5O4/c1-20(35)30-23-10-8-21(9-11-23)19-34-16-14-24(15-17-34)31-28(36)26-13-12-25(18-27(26)38-2)33-29(37)32-22-6-4-3-5-7-22/h3-13,18,24H,14-17,19H2,1-2H3,(H,30,35)(H,31,36)(H2,32,33,37). The molecule has 0 bridgehead atoms. The van der Waals surface area contributed by atoms with E-state index in [0.29, 0.717) is 22.7 Å². The van der Waals surface area contributed by atoms with Crippen molar-refractivity contribution in [3.05, 3.63) is 83.9 Å². The highest BCUT2D eigenvalue weighted by molar-refractivity contribution is 6.01. The van der Waals surface area contributed by atoms with Gasteiger partial charge >= 0.3 is 6.03 Å². The maximum atomic E-state index is 13.0. The first-order valence-corrected chi connectivity index (χ1v) is 12.6. The lowest BCUT2D eigenvalue weighted by Crippen LogP contribution is -2.44. The summed E-state index contributed by atoms with van der Waals surface area (Å²) in [4.78, 5) is 38.9. The summed E-state index contributed by atoms with van der Waals surface area (Å²) in [6, 6.07) is 21.7. The zero-order valence-electron chi connectivity index (χ0n) is 21.6. The number of carbonyl (C=O) groups excluding carboxylic acids is 3. The van der Waals surface area contributed by atoms with Crippen LogP contribution in [0.4, 0.5) is 21.9 Å². The Morgan fingerprint density at radius 2 is 1.47 bits per heavy atom. The number of nitrogens with zero attached hydrogens (tertiary/aromatic N) is 1. The Balaban J connectivity index is 1.27. The second kappa shape index (κ2) is 12.7. The van der Waals surface area contributed by atoms with E-state index in [4.69, 9.17) is 4.74 Å². The first-order chi connectivity index (χ1) is 18.4. The third-order valence-electron chi connectivity index (χ3n) is 6.34. The van der Waals surface area contributed by atoms with Crippen LogP contribution in [0.25, 0.3) is 0 Å². The van der Waals surface area contributed by atoms with Crippen molar-refractivity contribution in [2.24, 2.45) is 0 Å². The van der Waals surface area contributed by atoms with Crippen molar-refractivity contribution in [1.29, 1.82) is 0 Å². The van der Waals surface area contributed by atoms with Crippen LogP contribution < -0.4 is 26.0 Å². The topological polar surface area (TPSA) is 112 Å². The zero-order valence-corrected chi connectivity index (χ0v) is 21.6. The molecule has 1 aliphatic rings. The van der Waals surface area contributed by atoms with E-state index in [0.717, 1.165) is 38.2 Å². The minimum absolute atomic E-state index is 0.0695. The fourth-order valence-electron chi connectivity index (χ4n) is 4.42. The van der Waals surface area contributed by atoms with E-state index in [2.05, 4.69) is 26.2 Å². The minimum atomic E-state index is -0.383. The molecule has 0 aliphatic carbocycles. The van der Waals surface area contributed by atoms with E-state index < -0.39 is 0 Å². The molecular weight excluding hydrogens is 482 g/mol. The largest absolute Gasteiger partial charge is 0.496 e. The minimum Gasteiger partial charge on any atom is -0.496 e. The molecule has 0 spiro atoms. The summed E-state index contributed by atoms with van der Waals surface area (Å²) in [5.41, 5.74) is 3.59. The normalized spacial score (nSPS) is 13.8.